The average Bonchev–Trinajstić information content (AvgIpc) is 2.91. The number of rotatable bonds is 5. The maximum absolute atomic E-state index is 14.2. The van der Waals surface area contributed by atoms with Gasteiger partial charge in [-0.2, -0.15) is 0 Å². The van der Waals surface area contributed by atoms with Gasteiger partial charge in [-0.3, -0.25) is 0 Å². The van der Waals surface area contributed by atoms with Gasteiger partial charge in [0, 0.05) is 24.8 Å². The van der Waals surface area contributed by atoms with Gasteiger partial charge in [0.25, 0.3) is 0 Å². The topological polar surface area (TPSA) is 82.1 Å². The number of anilines is 1. The second kappa shape index (κ2) is 6.71. The fourth-order valence-electron chi connectivity index (χ4n) is 2.80. The van der Waals surface area contributed by atoms with Crippen LogP contribution in [0.2, 0.25) is 0 Å². The van der Waals surface area contributed by atoms with Gasteiger partial charge in [0.2, 0.25) is 0 Å². The molecule has 1 fully saturated rings. The highest BCUT2D eigenvalue weighted by molar-refractivity contribution is 5.97. The third-order valence-electron chi connectivity index (χ3n) is 3.78. The number of aliphatic hydroxyl groups excluding tert-OH is 1. The highest BCUT2D eigenvalue weighted by Gasteiger charge is 2.29. The predicted molar refractivity (Wildman–Crippen MR) is 75.6 cm³/mol. The first kappa shape index (κ1) is 15.5. The zero-order valence-electron chi connectivity index (χ0n) is 11.6. The van der Waals surface area contributed by atoms with Crippen LogP contribution in [0.4, 0.5) is 14.5 Å². The molecule has 2 rings (SSSR count). The molecule has 1 saturated heterocycles. The standard InChI is InChI=1S/C14H19F2N3O2/c15-11-7-9(14(17)18-21)8-12(16)13(11)19-5-1-3-10(19)4-2-6-20/h7-8,10,20-21H,1-6H2,(H2,17,18). The minimum atomic E-state index is -0.729. The molecule has 1 unspecified atom stereocenters. The van der Waals surface area contributed by atoms with Crippen molar-refractivity contribution in [2.75, 3.05) is 18.1 Å². The lowest BCUT2D eigenvalue weighted by Crippen LogP contribution is -2.31. The molecule has 0 aliphatic carbocycles. The maximum atomic E-state index is 14.2. The number of nitrogens with zero attached hydrogens (tertiary/aromatic N) is 2. The average molecular weight is 299 g/mol. The van der Waals surface area contributed by atoms with E-state index in [9.17, 15) is 8.78 Å². The van der Waals surface area contributed by atoms with Crippen LogP contribution in [-0.4, -0.2) is 35.3 Å². The number of nitrogens with two attached hydrogens (primary N) is 1. The van der Waals surface area contributed by atoms with Gasteiger partial charge in [-0.25, -0.2) is 8.78 Å². The van der Waals surface area contributed by atoms with Crippen LogP contribution in [0, 0.1) is 11.6 Å². The molecule has 4 N–H and O–H groups in total. The van der Waals surface area contributed by atoms with Crippen LogP contribution in [-0.2, 0) is 0 Å². The van der Waals surface area contributed by atoms with Crippen LogP contribution in [0.15, 0.2) is 17.3 Å². The summed E-state index contributed by atoms with van der Waals surface area (Å²) in [5, 5.41) is 20.2. The molecule has 7 heteroatoms. The van der Waals surface area contributed by atoms with E-state index in [1.54, 1.807) is 4.90 Å². The number of aliphatic hydroxyl groups is 1. The van der Waals surface area contributed by atoms with Crippen LogP contribution in [0.5, 0.6) is 0 Å². The van der Waals surface area contributed by atoms with E-state index in [1.165, 1.54) is 0 Å². The number of hydrogen-bond donors (Lipinski definition) is 3. The van der Waals surface area contributed by atoms with Crippen LogP contribution < -0.4 is 10.6 Å². The van der Waals surface area contributed by atoms with Gasteiger partial charge in [-0.05, 0) is 37.8 Å². The van der Waals surface area contributed by atoms with Gasteiger partial charge in [-0.1, -0.05) is 5.16 Å². The van der Waals surface area contributed by atoms with Gasteiger partial charge in [0.15, 0.2) is 5.84 Å². The van der Waals surface area contributed by atoms with E-state index in [-0.39, 0.29) is 29.7 Å². The molecule has 0 amide bonds. The Labute approximate surface area is 121 Å². The zero-order chi connectivity index (χ0) is 15.4. The molecule has 116 valence electrons. The highest BCUT2D eigenvalue weighted by Crippen LogP contribution is 2.33. The minimum absolute atomic E-state index is 0.00218. The number of halogens is 2. The van der Waals surface area contributed by atoms with Crippen molar-refractivity contribution in [1.29, 1.82) is 0 Å². The normalized spacial score (nSPS) is 19.3. The van der Waals surface area contributed by atoms with Gasteiger partial charge in [0.1, 0.15) is 17.3 Å². The summed E-state index contributed by atoms with van der Waals surface area (Å²) in [6.45, 7) is 0.643. The smallest absolute Gasteiger partial charge is 0.170 e. The second-order valence-electron chi connectivity index (χ2n) is 5.13. The molecule has 1 aromatic rings. The number of benzene rings is 1. The Hall–Kier alpha value is -1.89. The molecule has 0 saturated carbocycles. The Kier molecular flexibility index (Phi) is 4.95. The fourth-order valence-corrected chi connectivity index (χ4v) is 2.80. The first-order valence-electron chi connectivity index (χ1n) is 6.93. The molecule has 0 spiro atoms. The number of hydrogen-bond acceptors (Lipinski definition) is 4. The van der Waals surface area contributed by atoms with Crippen molar-refractivity contribution in [3.63, 3.8) is 0 Å². The molecule has 1 aliphatic heterocycles. The molecule has 1 aliphatic rings. The first-order chi connectivity index (χ1) is 10.1. The van der Waals surface area contributed by atoms with E-state index in [0.717, 1.165) is 25.0 Å². The number of oxime groups is 1. The van der Waals surface area contributed by atoms with Crippen LogP contribution in [0.3, 0.4) is 0 Å². The molecule has 0 bridgehead atoms. The summed E-state index contributed by atoms with van der Waals surface area (Å²) >= 11 is 0. The third-order valence-corrected chi connectivity index (χ3v) is 3.78. The summed E-state index contributed by atoms with van der Waals surface area (Å²) in [7, 11) is 0. The van der Waals surface area contributed by atoms with Crippen molar-refractivity contribution >= 4 is 11.5 Å². The minimum Gasteiger partial charge on any atom is -0.409 e. The Bertz CT molecular complexity index is 514. The second-order valence-corrected chi connectivity index (χ2v) is 5.13. The Balaban J connectivity index is 2.31. The third kappa shape index (κ3) is 3.24. The monoisotopic (exact) mass is 299 g/mol. The van der Waals surface area contributed by atoms with Gasteiger partial charge >= 0.3 is 0 Å². The molecule has 5 nitrogen and oxygen atoms in total. The largest absolute Gasteiger partial charge is 0.409 e. The van der Waals surface area contributed by atoms with Crippen molar-refractivity contribution in [2.45, 2.75) is 31.7 Å². The van der Waals surface area contributed by atoms with E-state index in [2.05, 4.69) is 5.16 Å². The van der Waals surface area contributed by atoms with Crippen molar-refractivity contribution < 1.29 is 19.1 Å². The van der Waals surface area contributed by atoms with Crippen molar-refractivity contribution in [3.8, 4) is 0 Å². The molecular weight excluding hydrogens is 280 g/mol. The summed E-state index contributed by atoms with van der Waals surface area (Å²) in [6, 6.07) is 2.15. The predicted octanol–water partition coefficient (Wildman–Crippen LogP) is 1.80. The van der Waals surface area contributed by atoms with E-state index in [4.69, 9.17) is 16.0 Å². The van der Waals surface area contributed by atoms with Gasteiger partial charge in [-0.15, -0.1) is 0 Å². The lowest BCUT2D eigenvalue weighted by molar-refractivity contribution is 0.279. The van der Waals surface area contributed by atoms with E-state index in [1.807, 2.05) is 0 Å². The molecular formula is C14H19F2N3O2. The zero-order valence-corrected chi connectivity index (χ0v) is 11.6. The van der Waals surface area contributed by atoms with Crippen LogP contribution in [0.25, 0.3) is 0 Å². The molecule has 0 aromatic heterocycles. The maximum Gasteiger partial charge on any atom is 0.170 e. The lowest BCUT2D eigenvalue weighted by atomic mass is 10.1. The summed E-state index contributed by atoms with van der Waals surface area (Å²) in [5.41, 5.74) is 5.28. The Morgan fingerprint density at radius 1 is 1.38 bits per heavy atom. The lowest BCUT2D eigenvalue weighted by Gasteiger charge is -2.27. The summed E-state index contributed by atoms with van der Waals surface area (Å²) in [5.74, 6) is -1.79. The van der Waals surface area contributed by atoms with Crippen molar-refractivity contribution in [3.05, 3.63) is 29.3 Å². The molecule has 0 radical (unpaired) electrons. The molecule has 1 aromatic carbocycles. The van der Waals surface area contributed by atoms with E-state index < -0.39 is 11.6 Å². The summed E-state index contributed by atoms with van der Waals surface area (Å²) < 4.78 is 28.5. The fraction of sp³-hybridized carbons (Fsp3) is 0.500. The first-order valence-corrected chi connectivity index (χ1v) is 6.93. The highest BCUT2D eigenvalue weighted by atomic mass is 19.1. The van der Waals surface area contributed by atoms with Gasteiger partial charge < -0.3 is 20.9 Å². The van der Waals surface area contributed by atoms with Crippen molar-refractivity contribution in [2.24, 2.45) is 10.9 Å². The Morgan fingerprint density at radius 2 is 2.05 bits per heavy atom. The quantitative estimate of drug-likeness (QED) is 0.335. The SMILES string of the molecule is N/C(=N/O)c1cc(F)c(N2CCCC2CCCO)c(F)c1. The number of amidine groups is 1. The van der Waals surface area contributed by atoms with Crippen LogP contribution in [0.1, 0.15) is 31.2 Å². The van der Waals surface area contributed by atoms with E-state index in [0.29, 0.717) is 19.4 Å². The Morgan fingerprint density at radius 3 is 2.62 bits per heavy atom. The van der Waals surface area contributed by atoms with Crippen LogP contribution >= 0.6 is 0 Å². The van der Waals surface area contributed by atoms with Crippen molar-refractivity contribution in [1.82, 2.24) is 0 Å². The van der Waals surface area contributed by atoms with Gasteiger partial charge in [0.05, 0.1) is 0 Å². The molecule has 1 atom stereocenters. The van der Waals surface area contributed by atoms with E-state index >= 15 is 0 Å². The molecule has 1 heterocycles. The summed E-state index contributed by atoms with van der Waals surface area (Å²) in [4.78, 5) is 1.70. The summed E-state index contributed by atoms with van der Waals surface area (Å²) in [6.07, 6.45) is 3.00. The molecule has 21 heavy (non-hydrogen) atoms.